The van der Waals surface area contributed by atoms with E-state index in [9.17, 15) is 14.4 Å². The summed E-state index contributed by atoms with van der Waals surface area (Å²) in [5.74, 6) is -0.898. The van der Waals surface area contributed by atoms with Gasteiger partial charge in [0.15, 0.2) is 6.10 Å². The van der Waals surface area contributed by atoms with E-state index in [1.54, 1.807) is 0 Å². The molecular formula is C77H130O6. The van der Waals surface area contributed by atoms with E-state index in [1.165, 1.54) is 154 Å². The van der Waals surface area contributed by atoms with Gasteiger partial charge < -0.3 is 14.2 Å². The lowest BCUT2D eigenvalue weighted by molar-refractivity contribution is -0.167. The Balaban J connectivity index is 4.32. The number of rotatable bonds is 63. The van der Waals surface area contributed by atoms with Gasteiger partial charge in [-0.1, -0.05) is 303 Å². The Bertz CT molecular complexity index is 1700. The van der Waals surface area contributed by atoms with Gasteiger partial charge in [0.2, 0.25) is 0 Å². The zero-order valence-electron chi connectivity index (χ0n) is 54.4. The van der Waals surface area contributed by atoms with Crippen LogP contribution in [0.25, 0.3) is 0 Å². The molecule has 6 nitrogen and oxygen atoms in total. The maximum Gasteiger partial charge on any atom is 0.306 e. The highest BCUT2D eigenvalue weighted by Crippen LogP contribution is 2.17. The number of carbonyl (C=O) groups excluding carboxylic acids is 3. The molecule has 0 aromatic heterocycles. The van der Waals surface area contributed by atoms with Gasteiger partial charge in [-0.2, -0.15) is 0 Å². The molecule has 0 aliphatic heterocycles. The minimum absolute atomic E-state index is 0.0864. The Morgan fingerprint density at radius 3 is 0.735 bits per heavy atom. The smallest absolute Gasteiger partial charge is 0.306 e. The van der Waals surface area contributed by atoms with Crippen LogP contribution in [0.3, 0.4) is 0 Å². The fourth-order valence-corrected chi connectivity index (χ4v) is 9.75. The van der Waals surface area contributed by atoms with Crippen LogP contribution < -0.4 is 0 Å². The van der Waals surface area contributed by atoms with E-state index in [1.807, 2.05) is 0 Å². The zero-order valence-corrected chi connectivity index (χ0v) is 54.4. The van der Waals surface area contributed by atoms with Gasteiger partial charge in [-0.25, -0.2) is 0 Å². The highest BCUT2D eigenvalue weighted by atomic mass is 16.6. The molecule has 0 aromatic rings. The van der Waals surface area contributed by atoms with Gasteiger partial charge in [0.25, 0.3) is 0 Å². The van der Waals surface area contributed by atoms with Crippen molar-refractivity contribution in [2.45, 2.75) is 335 Å². The summed E-state index contributed by atoms with van der Waals surface area (Å²) >= 11 is 0. The molecule has 0 N–H and O–H groups in total. The fourth-order valence-electron chi connectivity index (χ4n) is 9.75. The Kier molecular flexibility index (Phi) is 66.7. The Labute approximate surface area is 513 Å². The quantitative estimate of drug-likeness (QED) is 0.0261. The normalized spacial score (nSPS) is 12.9. The van der Waals surface area contributed by atoms with Gasteiger partial charge >= 0.3 is 17.9 Å². The molecule has 83 heavy (non-hydrogen) atoms. The molecule has 0 fully saturated rings. The number of carbonyl (C=O) groups is 3. The lowest BCUT2D eigenvalue weighted by atomic mass is 10.0. The number of allylic oxidation sites excluding steroid dienone is 20. The maximum absolute atomic E-state index is 13.0. The number of unbranched alkanes of at least 4 members (excludes halogenated alkanes) is 32. The number of hydrogen-bond donors (Lipinski definition) is 0. The Morgan fingerprint density at radius 1 is 0.253 bits per heavy atom. The first-order chi connectivity index (χ1) is 41.0. The van der Waals surface area contributed by atoms with Crippen molar-refractivity contribution in [1.29, 1.82) is 0 Å². The summed E-state index contributed by atoms with van der Waals surface area (Å²) in [6.45, 7) is 6.42. The van der Waals surface area contributed by atoms with Crippen LogP contribution in [0, 0.1) is 0 Å². The van der Waals surface area contributed by atoms with Crippen molar-refractivity contribution in [3.05, 3.63) is 122 Å². The standard InChI is InChI=1S/C77H130O6/c1-4-7-10-13-16-19-22-25-28-30-32-34-35-36-37-38-39-40-41-43-44-46-49-52-55-58-61-64-67-70-76(79)82-73-74(72-81-75(78)69-66-63-60-57-54-51-48-27-24-21-18-15-12-9-6-3)83-77(80)71-68-65-62-59-56-53-50-47-45-42-33-31-29-26-23-20-17-14-11-8-5-2/h7,9-10,12,16,18-19,21,23,25-28,31-34,36-37,48,74H,4-6,8,11,13-15,17,20,22,24,29-30,35,38-47,49-73H2,1-3H3/b10-7-,12-9-,19-16-,21-18-,26-23-,28-25-,33-31-,34-32-,37-36-,48-27-. The van der Waals surface area contributed by atoms with Crippen molar-refractivity contribution < 1.29 is 28.6 Å². The van der Waals surface area contributed by atoms with Crippen LogP contribution in [0.5, 0.6) is 0 Å². The lowest BCUT2D eigenvalue weighted by Gasteiger charge is -2.18. The molecular weight excluding hydrogens is 1020 g/mol. The minimum Gasteiger partial charge on any atom is -0.462 e. The third kappa shape index (κ3) is 68.5. The summed E-state index contributed by atoms with van der Waals surface area (Å²) in [5.41, 5.74) is 0. The molecule has 0 saturated heterocycles. The van der Waals surface area contributed by atoms with Crippen molar-refractivity contribution in [1.82, 2.24) is 0 Å². The summed E-state index contributed by atoms with van der Waals surface area (Å²) in [4.78, 5) is 38.5. The van der Waals surface area contributed by atoms with Crippen molar-refractivity contribution in [2.75, 3.05) is 13.2 Å². The number of hydrogen-bond acceptors (Lipinski definition) is 6. The molecule has 0 aliphatic rings. The largest absolute Gasteiger partial charge is 0.462 e. The van der Waals surface area contributed by atoms with Gasteiger partial charge in [0.1, 0.15) is 13.2 Å². The highest BCUT2D eigenvalue weighted by molar-refractivity contribution is 5.71. The predicted octanol–water partition coefficient (Wildman–Crippen LogP) is 24.3. The molecule has 0 spiro atoms. The molecule has 0 heterocycles. The summed E-state index contributed by atoms with van der Waals surface area (Å²) in [7, 11) is 0. The first-order valence-electron chi connectivity index (χ1n) is 35.0. The highest BCUT2D eigenvalue weighted by Gasteiger charge is 2.19. The van der Waals surface area contributed by atoms with Crippen molar-refractivity contribution >= 4 is 17.9 Å². The van der Waals surface area contributed by atoms with Crippen molar-refractivity contribution in [3.63, 3.8) is 0 Å². The van der Waals surface area contributed by atoms with E-state index in [-0.39, 0.29) is 31.1 Å². The number of esters is 3. The van der Waals surface area contributed by atoms with Gasteiger partial charge in [0.05, 0.1) is 0 Å². The minimum atomic E-state index is -0.792. The average Bonchev–Trinajstić information content (AvgIpc) is 3.49. The van der Waals surface area contributed by atoms with Crippen molar-refractivity contribution in [3.8, 4) is 0 Å². The van der Waals surface area contributed by atoms with Crippen LogP contribution in [0.15, 0.2) is 122 Å². The maximum atomic E-state index is 13.0. The predicted molar refractivity (Wildman–Crippen MR) is 362 cm³/mol. The van der Waals surface area contributed by atoms with Crippen LogP contribution in [0.2, 0.25) is 0 Å². The molecule has 0 aliphatic carbocycles. The summed E-state index contributed by atoms with van der Waals surface area (Å²) in [6, 6.07) is 0. The first-order valence-corrected chi connectivity index (χ1v) is 35.0. The number of ether oxygens (including phenoxy) is 3. The second-order valence-corrected chi connectivity index (χ2v) is 23.0. The molecule has 0 rings (SSSR count). The van der Waals surface area contributed by atoms with Crippen LogP contribution in [0.1, 0.15) is 329 Å². The van der Waals surface area contributed by atoms with Gasteiger partial charge in [-0.15, -0.1) is 0 Å². The summed E-state index contributed by atoms with van der Waals surface area (Å²) in [5, 5.41) is 0. The van der Waals surface area contributed by atoms with E-state index in [2.05, 4.69) is 142 Å². The molecule has 0 amide bonds. The van der Waals surface area contributed by atoms with Crippen molar-refractivity contribution in [2.24, 2.45) is 0 Å². The second-order valence-electron chi connectivity index (χ2n) is 23.0. The first kappa shape index (κ1) is 78.8. The van der Waals surface area contributed by atoms with E-state index in [4.69, 9.17) is 14.2 Å². The summed E-state index contributed by atoms with van der Waals surface area (Å²) < 4.78 is 17.0. The molecule has 0 radical (unpaired) electrons. The molecule has 1 atom stereocenters. The zero-order chi connectivity index (χ0) is 59.9. The average molecular weight is 1150 g/mol. The Morgan fingerprint density at radius 2 is 0.470 bits per heavy atom. The van der Waals surface area contributed by atoms with Gasteiger partial charge in [0, 0.05) is 19.3 Å². The summed E-state index contributed by atoms with van der Waals surface area (Å²) in [6.07, 6.45) is 97.9. The van der Waals surface area contributed by atoms with E-state index in [0.29, 0.717) is 19.3 Å². The van der Waals surface area contributed by atoms with Crippen LogP contribution in [-0.4, -0.2) is 37.2 Å². The van der Waals surface area contributed by atoms with Gasteiger partial charge in [-0.3, -0.25) is 14.4 Å². The topological polar surface area (TPSA) is 78.9 Å². The molecule has 0 bridgehead atoms. The van der Waals surface area contributed by atoms with E-state index in [0.717, 1.165) is 135 Å². The molecule has 6 heteroatoms. The molecule has 0 saturated carbocycles. The molecule has 1 unspecified atom stereocenters. The van der Waals surface area contributed by atoms with E-state index < -0.39 is 6.10 Å². The van der Waals surface area contributed by atoms with Gasteiger partial charge in [-0.05, 0) is 128 Å². The van der Waals surface area contributed by atoms with Crippen LogP contribution in [0.4, 0.5) is 0 Å². The lowest BCUT2D eigenvalue weighted by Crippen LogP contribution is -2.30. The van der Waals surface area contributed by atoms with Crippen LogP contribution >= 0.6 is 0 Å². The SMILES string of the molecule is CC/C=C\C/C=C\C/C=C\C/C=C\C/C=C\CCCCCCCCCCCCCCCC(=O)OCC(COC(=O)CCCCCCC/C=C\C/C=C\C/C=C\CC)OC(=O)CCCCCCCCCCC/C=C\C/C=C\CCCCCCC. The third-order valence-electron chi connectivity index (χ3n) is 14.9. The third-order valence-corrected chi connectivity index (χ3v) is 14.9. The van der Waals surface area contributed by atoms with Crippen LogP contribution in [-0.2, 0) is 28.6 Å². The molecule has 0 aromatic carbocycles. The molecule has 474 valence electrons. The fraction of sp³-hybridized carbons (Fsp3) is 0.701. The monoisotopic (exact) mass is 1150 g/mol. The second kappa shape index (κ2) is 70.3. The Hall–Kier alpha value is -4.19. The van der Waals surface area contributed by atoms with E-state index >= 15 is 0 Å².